The van der Waals surface area contributed by atoms with Crippen molar-refractivity contribution >= 4 is 11.4 Å². The second kappa shape index (κ2) is 4.33. The van der Waals surface area contributed by atoms with Crippen molar-refractivity contribution < 1.29 is 9.66 Å². The number of hydrogen-bond donors (Lipinski definition) is 1. The Hall–Kier alpha value is -2.22. The highest BCUT2D eigenvalue weighted by Crippen LogP contribution is 2.26. The Labute approximate surface area is 87.0 Å². The predicted octanol–water partition coefficient (Wildman–Crippen LogP) is 1.58. The van der Waals surface area contributed by atoms with E-state index in [1.165, 1.54) is 18.2 Å². The van der Waals surface area contributed by atoms with Gasteiger partial charge in [-0.05, 0) is 13.0 Å². The molecule has 0 aliphatic carbocycles. The Morgan fingerprint density at radius 1 is 1.67 bits per heavy atom. The van der Waals surface area contributed by atoms with Gasteiger partial charge in [-0.25, -0.2) is 0 Å². The van der Waals surface area contributed by atoms with E-state index in [0.717, 1.165) is 0 Å². The largest absolute Gasteiger partial charge is 0.478 e. The van der Waals surface area contributed by atoms with E-state index in [9.17, 15) is 10.1 Å². The smallest absolute Gasteiger partial charge is 0.292 e. The van der Waals surface area contributed by atoms with Crippen LogP contribution in [0.3, 0.4) is 0 Å². The van der Waals surface area contributed by atoms with Gasteiger partial charge in [0, 0.05) is 12.1 Å². The van der Waals surface area contributed by atoms with Gasteiger partial charge >= 0.3 is 0 Å². The SMILES string of the molecule is C#CC(C)Oc1ccc([N+](=O)[O-])c(N)c1. The minimum absolute atomic E-state index is 0.0571. The Morgan fingerprint density at radius 3 is 2.80 bits per heavy atom. The molecule has 1 rings (SSSR count). The van der Waals surface area contributed by atoms with Crippen molar-refractivity contribution in [3.8, 4) is 18.1 Å². The molecule has 0 radical (unpaired) electrons. The van der Waals surface area contributed by atoms with Crippen LogP contribution < -0.4 is 10.5 Å². The number of nitro benzene ring substituents is 1. The predicted molar refractivity (Wildman–Crippen MR) is 56.4 cm³/mol. The first-order chi connectivity index (χ1) is 7.04. The number of terminal acetylenes is 1. The number of benzene rings is 1. The lowest BCUT2D eigenvalue weighted by Gasteiger charge is -2.08. The summed E-state index contributed by atoms with van der Waals surface area (Å²) in [4.78, 5) is 9.91. The molecule has 5 nitrogen and oxygen atoms in total. The average molecular weight is 206 g/mol. The highest BCUT2D eigenvalue weighted by Gasteiger charge is 2.12. The number of nitrogens with two attached hydrogens (primary N) is 1. The summed E-state index contributed by atoms with van der Waals surface area (Å²) >= 11 is 0. The molecule has 1 atom stereocenters. The van der Waals surface area contributed by atoms with Crippen molar-refractivity contribution in [2.45, 2.75) is 13.0 Å². The van der Waals surface area contributed by atoms with Gasteiger partial charge < -0.3 is 10.5 Å². The summed E-state index contributed by atoms with van der Waals surface area (Å²) in [6.07, 6.45) is 4.72. The number of ether oxygens (including phenoxy) is 1. The van der Waals surface area contributed by atoms with Crippen molar-refractivity contribution in [1.82, 2.24) is 0 Å². The monoisotopic (exact) mass is 206 g/mol. The zero-order chi connectivity index (χ0) is 11.4. The van der Waals surface area contributed by atoms with Gasteiger partial charge in [0.2, 0.25) is 0 Å². The third-order valence-electron chi connectivity index (χ3n) is 1.74. The number of nitrogen functional groups attached to an aromatic ring is 1. The first kappa shape index (κ1) is 10.9. The summed E-state index contributed by atoms with van der Waals surface area (Å²) in [6.45, 7) is 1.69. The summed E-state index contributed by atoms with van der Waals surface area (Å²) < 4.78 is 5.24. The van der Waals surface area contributed by atoms with E-state index in [1.807, 2.05) is 0 Å². The summed E-state index contributed by atoms with van der Waals surface area (Å²) in [7, 11) is 0. The fraction of sp³-hybridized carbons (Fsp3) is 0.200. The van der Waals surface area contributed by atoms with Gasteiger partial charge in [-0.3, -0.25) is 10.1 Å². The normalized spacial score (nSPS) is 11.5. The number of anilines is 1. The maximum atomic E-state index is 10.5. The van der Waals surface area contributed by atoms with Gasteiger partial charge in [0.15, 0.2) is 6.10 Å². The summed E-state index contributed by atoms with van der Waals surface area (Å²) in [6, 6.07) is 4.13. The Bertz CT molecular complexity index is 423. The third kappa shape index (κ3) is 2.61. The molecule has 1 aromatic carbocycles. The van der Waals surface area contributed by atoms with E-state index in [2.05, 4.69) is 5.92 Å². The van der Waals surface area contributed by atoms with Crippen molar-refractivity contribution in [3.05, 3.63) is 28.3 Å². The van der Waals surface area contributed by atoms with Crippen LogP contribution in [0.25, 0.3) is 0 Å². The van der Waals surface area contributed by atoms with Gasteiger partial charge in [-0.1, -0.05) is 5.92 Å². The Balaban J connectivity index is 2.93. The van der Waals surface area contributed by atoms with E-state index in [0.29, 0.717) is 5.75 Å². The zero-order valence-corrected chi connectivity index (χ0v) is 8.14. The molecule has 1 unspecified atom stereocenters. The van der Waals surface area contributed by atoms with Crippen LogP contribution >= 0.6 is 0 Å². The standard InChI is InChI=1S/C10H10N2O3/c1-3-7(2)15-8-4-5-10(12(13)14)9(11)6-8/h1,4-7H,11H2,2H3. The molecular weight excluding hydrogens is 196 g/mol. The van der Waals surface area contributed by atoms with Gasteiger partial charge in [-0.15, -0.1) is 6.42 Å². The molecule has 2 N–H and O–H groups in total. The molecule has 0 amide bonds. The topological polar surface area (TPSA) is 78.4 Å². The highest BCUT2D eigenvalue weighted by atomic mass is 16.6. The lowest BCUT2D eigenvalue weighted by Crippen LogP contribution is -2.08. The summed E-state index contributed by atoms with van der Waals surface area (Å²) in [5, 5.41) is 10.5. The quantitative estimate of drug-likeness (QED) is 0.352. The first-order valence-electron chi connectivity index (χ1n) is 4.21. The maximum absolute atomic E-state index is 10.5. The van der Waals surface area contributed by atoms with Crippen LogP contribution in [-0.2, 0) is 0 Å². The molecule has 0 spiro atoms. The van der Waals surface area contributed by atoms with Gasteiger partial charge in [-0.2, -0.15) is 0 Å². The van der Waals surface area contributed by atoms with Crippen LogP contribution in [0.2, 0.25) is 0 Å². The second-order valence-electron chi connectivity index (χ2n) is 2.90. The van der Waals surface area contributed by atoms with Crippen LogP contribution in [-0.4, -0.2) is 11.0 Å². The molecule has 15 heavy (non-hydrogen) atoms. The number of rotatable bonds is 3. The van der Waals surface area contributed by atoms with Crippen molar-refractivity contribution in [3.63, 3.8) is 0 Å². The zero-order valence-electron chi connectivity index (χ0n) is 8.14. The molecule has 0 aliphatic rings. The van der Waals surface area contributed by atoms with E-state index in [4.69, 9.17) is 16.9 Å². The fourth-order valence-corrected chi connectivity index (χ4v) is 1.01. The molecule has 0 aliphatic heterocycles. The third-order valence-corrected chi connectivity index (χ3v) is 1.74. The van der Waals surface area contributed by atoms with E-state index in [-0.39, 0.29) is 11.4 Å². The molecule has 1 aromatic rings. The molecule has 0 aromatic heterocycles. The minimum Gasteiger partial charge on any atom is -0.478 e. The minimum atomic E-state index is -0.552. The van der Waals surface area contributed by atoms with Crippen molar-refractivity contribution in [2.24, 2.45) is 0 Å². The van der Waals surface area contributed by atoms with Crippen LogP contribution in [0.5, 0.6) is 5.75 Å². The lowest BCUT2D eigenvalue weighted by molar-refractivity contribution is -0.383. The molecule has 0 bridgehead atoms. The van der Waals surface area contributed by atoms with Gasteiger partial charge in [0.25, 0.3) is 5.69 Å². The number of nitrogens with zero attached hydrogens (tertiary/aromatic N) is 1. The van der Waals surface area contributed by atoms with Crippen LogP contribution in [0, 0.1) is 22.5 Å². The van der Waals surface area contributed by atoms with Crippen molar-refractivity contribution in [2.75, 3.05) is 5.73 Å². The Kier molecular flexibility index (Phi) is 3.13. The summed E-state index contributed by atoms with van der Waals surface area (Å²) in [5.74, 6) is 2.79. The molecule has 0 fully saturated rings. The molecule has 5 heteroatoms. The second-order valence-corrected chi connectivity index (χ2v) is 2.90. The number of nitro groups is 1. The van der Waals surface area contributed by atoms with Crippen LogP contribution in [0.1, 0.15) is 6.92 Å². The van der Waals surface area contributed by atoms with E-state index >= 15 is 0 Å². The molecule has 78 valence electrons. The molecule has 0 saturated carbocycles. The fourth-order valence-electron chi connectivity index (χ4n) is 1.01. The van der Waals surface area contributed by atoms with Crippen LogP contribution in [0.15, 0.2) is 18.2 Å². The average Bonchev–Trinajstić information content (AvgIpc) is 2.17. The highest BCUT2D eigenvalue weighted by molar-refractivity contribution is 5.60. The Morgan fingerprint density at radius 2 is 2.33 bits per heavy atom. The first-order valence-corrected chi connectivity index (χ1v) is 4.21. The van der Waals surface area contributed by atoms with Gasteiger partial charge in [0.1, 0.15) is 11.4 Å². The van der Waals surface area contributed by atoms with Crippen LogP contribution in [0.4, 0.5) is 11.4 Å². The van der Waals surface area contributed by atoms with Gasteiger partial charge in [0.05, 0.1) is 4.92 Å². The lowest BCUT2D eigenvalue weighted by atomic mass is 10.2. The molecule has 0 heterocycles. The van der Waals surface area contributed by atoms with Crippen molar-refractivity contribution in [1.29, 1.82) is 0 Å². The maximum Gasteiger partial charge on any atom is 0.292 e. The number of hydrogen-bond acceptors (Lipinski definition) is 4. The van der Waals surface area contributed by atoms with E-state index < -0.39 is 11.0 Å². The summed E-state index contributed by atoms with van der Waals surface area (Å²) in [5.41, 5.74) is 5.38. The van der Waals surface area contributed by atoms with E-state index in [1.54, 1.807) is 6.92 Å². The molecule has 0 saturated heterocycles. The molecular formula is C10H10N2O3.